The second kappa shape index (κ2) is 5.83. The molecule has 0 spiro atoms. The maximum absolute atomic E-state index is 5.86. The van der Waals surface area contributed by atoms with E-state index >= 15 is 0 Å². The standard InChI is InChI=1S/C16H15IN2O/c1-12-6-7-16(13(17)10-12)20-9-8-19-11-18-14-4-2-3-5-15(14)19/h2-7,10-11H,8-9H2,1H3. The van der Waals surface area contributed by atoms with Crippen LogP contribution in [-0.2, 0) is 6.54 Å². The first-order valence-electron chi connectivity index (χ1n) is 6.53. The maximum Gasteiger partial charge on any atom is 0.132 e. The molecule has 102 valence electrons. The van der Waals surface area contributed by atoms with Gasteiger partial charge >= 0.3 is 0 Å². The largest absolute Gasteiger partial charge is 0.491 e. The molecule has 0 bridgehead atoms. The van der Waals surface area contributed by atoms with Gasteiger partial charge in [0.05, 0.1) is 27.5 Å². The number of imidazole rings is 1. The van der Waals surface area contributed by atoms with Gasteiger partial charge in [0.25, 0.3) is 0 Å². The molecule has 0 atom stereocenters. The SMILES string of the molecule is Cc1ccc(OCCn2cnc3ccccc32)c(I)c1. The van der Waals surface area contributed by atoms with E-state index in [9.17, 15) is 0 Å². The first-order chi connectivity index (χ1) is 9.74. The van der Waals surface area contributed by atoms with E-state index in [1.807, 2.05) is 30.6 Å². The normalized spacial score (nSPS) is 10.9. The van der Waals surface area contributed by atoms with Crippen LogP contribution in [0.25, 0.3) is 11.0 Å². The smallest absolute Gasteiger partial charge is 0.132 e. The molecule has 3 aromatic rings. The number of para-hydroxylation sites is 2. The summed E-state index contributed by atoms with van der Waals surface area (Å²) in [6, 6.07) is 14.4. The molecule has 0 saturated carbocycles. The fraction of sp³-hybridized carbons (Fsp3) is 0.188. The Labute approximate surface area is 131 Å². The topological polar surface area (TPSA) is 27.1 Å². The second-order valence-electron chi connectivity index (χ2n) is 4.71. The fourth-order valence-electron chi connectivity index (χ4n) is 2.17. The molecule has 2 aromatic carbocycles. The zero-order chi connectivity index (χ0) is 13.9. The Morgan fingerprint density at radius 2 is 2.05 bits per heavy atom. The minimum Gasteiger partial charge on any atom is -0.491 e. The molecule has 0 amide bonds. The molecule has 0 fully saturated rings. The van der Waals surface area contributed by atoms with Gasteiger partial charge in [0.2, 0.25) is 0 Å². The van der Waals surface area contributed by atoms with Crippen molar-refractivity contribution in [3.63, 3.8) is 0 Å². The first-order valence-corrected chi connectivity index (χ1v) is 7.61. The Kier molecular flexibility index (Phi) is 3.91. The van der Waals surface area contributed by atoms with Crippen LogP contribution in [0.15, 0.2) is 48.8 Å². The van der Waals surface area contributed by atoms with Crippen molar-refractivity contribution in [2.24, 2.45) is 0 Å². The van der Waals surface area contributed by atoms with Crippen molar-refractivity contribution in [2.75, 3.05) is 6.61 Å². The van der Waals surface area contributed by atoms with Crippen LogP contribution in [0.4, 0.5) is 0 Å². The Balaban J connectivity index is 1.68. The van der Waals surface area contributed by atoms with E-state index < -0.39 is 0 Å². The molecule has 0 radical (unpaired) electrons. The van der Waals surface area contributed by atoms with Gasteiger partial charge in [0.15, 0.2) is 0 Å². The van der Waals surface area contributed by atoms with E-state index in [2.05, 4.69) is 57.3 Å². The van der Waals surface area contributed by atoms with Gasteiger partial charge in [-0.25, -0.2) is 4.98 Å². The van der Waals surface area contributed by atoms with Gasteiger partial charge in [-0.05, 0) is 59.3 Å². The van der Waals surface area contributed by atoms with Crippen LogP contribution >= 0.6 is 22.6 Å². The quantitative estimate of drug-likeness (QED) is 0.641. The molecule has 4 heteroatoms. The minimum absolute atomic E-state index is 0.638. The van der Waals surface area contributed by atoms with Crippen molar-refractivity contribution in [3.8, 4) is 5.75 Å². The van der Waals surface area contributed by atoms with Crippen molar-refractivity contribution >= 4 is 33.6 Å². The summed E-state index contributed by atoms with van der Waals surface area (Å²) >= 11 is 2.31. The summed E-state index contributed by atoms with van der Waals surface area (Å²) in [4.78, 5) is 4.38. The Morgan fingerprint density at radius 3 is 2.90 bits per heavy atom. The van der Waals surface area contributed by atoms with E-state index in [0.29, 0.717) is 6.61 Å². The number of halogens is 1. The number of aryl methyl sites for hydroxylation is 1. The second-order valence-corrected chi connectivity index (χ2v) is 5.87. The van der Waals surface area contributed by atoms with Gasteiger partial charge in [0.1, 0.15) is 12.4 Å². The summed E-state index contributed by atoms with van der Waals surface area (Å²) in [5.74, 6) is 0.945. The van der Waals surface area contributed by atoms with Crippen molar-refractivity contribution in [1.82, 2.24) is 9.55 Å². The van der Waals surface area contributed by atoms with E-state index in [-0.39, 0.29) is 0 Å². The molecule has 20 heavy (non-hydrogen) atoms. The lowest BCUT2D eigenvalue weighted by Gasteiger charge is -2.09. The zero-order valence-corrected chi connectivity index (χ0v) is 13.4. The van der Waals surface area contributed by atoms with Gasteiger partial charge in [-0.1, -0.05) is 18.2 Å². The van der Waals surface area contributed by atoms with E-state index in [4.69, 9.17) is 4.74 Å². The van der Waals surface area contributed by atoms with Crippen LogP contribution in [0.5, 0.6) is 5.75 Å². The van der Waals surface area contributed by atoms with Gasteiger partial charge in [0, 0.05) is 0 Å². The molecule has 1 aromatic heterocycles. The summed E-state index contributed by atoms with van der Waals surface area (Å²) in [5, 5.41) is 0. The third kappa shape index (κ3) is 2.80. The lowest BCUT2D eigenvalue weighted by molar-refractivity contribution is 0.298. The molecule has 1 heterocycles. The molecule has 0 aliphatic heterocycles. The summed E-state index contributed by atoms with van der Waals surface area (Å²) in [6.45, 7) is 3.52. The molecule has 0 saturated heterocycles. The van der Waals surface area contributed by atoms with Crippen LogP contribution < -0.4 is 4.74 Å². The predicted octanol–water partition coefficient (Wildman–Crippen LogP) is 4.03. The van der Waals surface area contributed by atoms with Crippen LogP contribution in [-0.4, -0.2) is 16.2 Å². The van der Waals surface area contributed by atoms with Crippen molar-refractivity contribution < 1.29 is 4.74 Å². The average molecular weight is 378 g/mol. The highest BCUT2D eigenvalue weighted by atomic mass is 127. The highest BCUT2D eigenvalue weighted by molar-refractivity contribution is 14.1. The number of aromatic nitrogens is 2. The highest BCUT2D eigenvalue weighted by Gasteiger charge is 2.03. The Hall–Kier alpha value is -1.56. The minimum atomic E-state index is 0.638. The van der Waals surface area contributed by atoms with E-state index in [0.717, 1.165) is 26.9 Å². The van der Waals surface area contributed by atoms with E-state index in [1.54, 1.807) is 0 Å². The number of hydrogen-bond donors (Lipinski definition) is 0. The average Bonchev–Trinajstić information content (AvgIpc) is 2.85. The summed E-state index contributed by atoms with van der Waals surface area (Å²) in [5.41, 5.74) is 3.43. The molecule has 0 aliphatic carbocycles. The molecular weight excluding hydrogens is 363 g/mol. The lowest BCUT2D eigenvalue weighted by Crippen LogP contribution is -2.07. The monoisotopic (exact) mass is 378 g/mol. The maximum atomic E-state index is 5.86. The summed E-state index contributed by atoms with van der Waals surface area (Å²) in [7, 11) is 0. The number of nitrogens with zero attached hydrogens (tertiary/aromatic N) is 2. The van der Waals surface area contributed by atoms with Crippen molar-refractivity contribution in [1.29, 1.82) is 0 Å². The molecule has 3 rings (SSSR count). The van der Waals surface area contributed by atoms with Crippen LogP contribution in [0.3, 0.4) is 0 Å². The fourth-order valence-corrected chi connectivity index (χ4v) is 2.99. The van der Waals surface area contributed by atoms with Crippen molar-refractivity contribution in [2.45, 2.75) is 13.5 Å². The van der Waals surface area contributed by atoms with Crippen LogP contribution in [0, 0.1) is 10.5 Å². The molecule has 0 aliphatic rings. The number of rotatable bonds is 4. The molecule has 0 N–H and O–H groups in total. The van der Waals surface area contributed by atoms with E-state index in [1.165, 1.54) is 5.56 Å². The molecule has 3 nitrogen and oxygen atoms in total. The number of benzene rings is 2. The highest BCUT2D eigenvalue weighted by Crippen LogP contribution is 2.22. The summed E-state index contributed by atoms with van der Waals surface area (Å²) < 4.78 is 9.13. The van der Waals surface area contributed by atoms with Gasteiger partial charge < -0.3 is 9.30 Å². The van der Waals surface area contributed by atoms with Gasteiger partial charge in [-0.3, -0.25) is 0 Å². The predicted molar refractivity (Wildman–Crippen MR) is 89.1 cm³/mol. The molecular formula is C16H15IN2O. The van der Waals surface area contributed by atoms with Gasteiger partial charge in [-0.2, -0.15) is 0 Å². The Bertz CT molecular complexity index is 736. The van der Waals surface area contributed by atoms with Crippen LogP contribution in [0.1, 0.15) is 5.56 Å². The van der Waals surface area contributed by atoms with Crippen molar-refractivity contribution in [3.05, 3.63) is 57.9 Å². The zero-order valence-electron chi connectivity index (χ0n) is 11.2. The number of hydrogen-bond acceptors (Lipinski definition) is 2. The lowest BCUT2D eigenvalue weighted by atomic mass is 10.2. The third-order valence-corrected chi connectivity index (χ3v) is 4.05. The van der Waals surface area contributed by atoms with Crippen LogP contribution in [0.2, 0.25) is 0 Å². The molecule has 0 unspecified atom stereocenters. The van der Waals surface area contributed by atoms with Gasteiger partial charge in [-0.15, -0.1) is 0 Å². The first kappa shape index (κ1) is 13.4. The third-order valence-electron chi connectivity index (χ3n) is 3.20. The summed E-state index contributed by atoms with van der Waals surface area (Å²) in [6.07, 6.45) is 1.87. The Morgan fingerprint density at radius 1 is 1.20 bits per heavy atom. The number of ether oxygens (including phenoxy) is 1. The number of fused-ring (bicyclic) bond motifs is 1.